The summed E-state index contributed by atoms with van der Waals surface area (Å²) in [4.78, 5) is 15.1. The number of hydrogen-bond donors (Lipinski definition) is 3. The molecular weight excluding hydrogens is 334 g/mol. The molecule has 2 heterocycles. The summed E-state index contributed by atoms with van der Waals surface area (Å²) in [7, 11) is 1.68. The molecule has 0 saturated heterocycles. The topological polar surface area (TPSA) is 56.9 Å². The van der Waals surface area contributed by atoms with Crippen molar-refractivity contribution in [1.82, 2.24) is 15.6 Å². The van der Waals surface area contributed by atoms with Crippen LogP contribution < -0.4 is 10.6 Å². The average molecular weight is 356 g/mol. The van der Waals surface area contributed by atoms with Crippen LogP contribution in [0.15, 0.2) is 48.5 Å². The van der Waals surface area contributed by atoms with Gasteiger partial charge in [0.25, 0.3) is 0 Å². The van der Waals surface area contributed by atoms with Gasteiger partial charge in [0, 0.05) is 35.2 Å². The highest BCUT2D eigenvalue weighted by Crippen LogP contribution is 2.26. The van der Waals surface area contributed by atoms with Gasteiger partial charge >= 0.3 is 0 Å². The summed E-state index contributed by atoms with van der Waals surface area (Å²) >= 11 is 5.64. The molecule has 0 bridgehead atoms. The monoisotopic (exact) mass is 355 g/mol. The molecule has 130 valence electrons. The molecule has 3 aromatic rings. The highest BCUT2D eigenvalue weighted by Gasteiger charge is 2.25. The Hall–Kier alpha value is -2.30. The zero-order valence-corrected chi connectivity index (χ0v) is 15.2. The van der Waals surface area contributed by atoms with Gasteiger partial charge in [-0.2, -0.15) is 0 Å². The number of nitrogens with one attached hydrogen (secondary N) is 3. The number of benzene rings is 2. The quantitative estimate of drug-likeness (QED) is 0.625. The second-order valence-electron chi connectivity index (χ2n) is 6.18. The molecular formula is C20H22ClN3O. The van der Waals surface area contributed by atoms with Crippen molar-refractivity contribution in [2.24, 2.45) is 0 Å². The van der Waals surface area contributed by atoms with E-state index in [2.05, 4.69) is 27.8 Å². The van der Waals surface area contributed by atoms with Crippen molar-refractivity contribution in [3.05, 3.63) is 70.4 Å². The van der Waals surface area contributed by atoms with E-state index in [0.717, 1.165) is 23.5 Å². The molecule has 0 saturated carbocycles. The van der Waals surface area contributed by atoms with Crippen LogP contribution in [0.2, 0.25) is 5.02 Å². The van der Waals surface area contributed by atoms with Crippen LogP contribution in [0.1, 0.15) is 16.8 Å². The van der Waals surface area contributed by atoms with Gasteiger partial charge in [-0.15, -0.1) is 0 Å². The summed E-state index contributed by atoms with van der Waals surface area (Å²) in [6.45, 7) is 2.74. The second-order valence-corrected chi connectivity index (χ2v) is 6.62. The van der Waals surface area contributed by atoms with Gasteiger partial charge in [0.1, 0.15) is 0 Å². The van der Waals surface area contributed by atoms with E-state index in [4.69, 9.17) is 11.6 Å². The first-order valence-electron chi connectivity index (χ1n) is 8.34. The summed E-state index contributed by atoms with van der Waals surface area (Å²) in [5, 5.41) is 7.98. The molecule has 0 spiro atoms. The molecule has 1 atom stereocenters. The first-order chi connectivity index (χ1) is 12.1. The molecule has 2 aromatic carbocycles. The van der Waals surface area contributed by atoms with Gasteiger partial charge in [-0.25, -0.2) is 0 Å². The van der Waals surface area contributed by atoms with E-state index >= 15 is 0 Å². The average Bonchev–Trinajstić information content (AvgIpc) is 2.99. The van der Waals surface area contributed by atoms with E-state index in [1.54, 1.807) is 7.05 Å². The van der Waals surface area contributed by atoms with E-state index in [9.17, 15) is 4.79 Å². The number of hydrogen-bond acceptors (Lipinski definition) is 2. The fourth-order valence-electron chi connectivity index (χ4n) is 3.11. The molecule has 1 aromatic heterocycles. The molecule has 4 nitrogen and oxygen atoms in total. The van der Waals surface area contributed by atoms with Crippen molar-refractivity contribution in [1.29, 1.82) is 0 Å². The number of fused-ring (bicyclic) bond motifs is 3. The number of halogens is 1. The van der Waals surface area contributed by atoms with Crippen molar-refractivity contribution in [3.8, 4) is 0 Å². The SMILES string of the molecule is CNC(=O)C1Cc2c([nH]c3ccccc23)CN1.Cc1cccc(Cl)c1. The van der Waals surface area contributed by atoms with Crippen molar-refractivity contribution in [3.63, 3.8) is 0 Å². The van der Waals surface area contributed by atoms with Crippen LogP contribution in [0.25, 0.3) is 10.9 Å². The number of aryl methyl sites for hydroxylation is 1. The molecule has 1 unspecified atom stereocenters. The number of para-hydroxylation sites is 1. The third-order valence-corrected chi connectivity index (χ3v) is 4.61. The molecule has 0 aliphatic carbocycles. The third kappa shape index (κ3) is 4.03. The third-order valence-electron chi connectivity index (χ3n) is 4.38. The number of amides is 1. The molecule has 25 heavy (non-hydrogen) atoms. The lowest BCUT2D eigenvalue weighted by Crippen LogP contribution is -2.46. The summed E-state index contributed by atoms with van der Waals surface area (Å²) in [5.74, 6) is 0.0564. The van der Waals surface area contributed by atoms with Gasteiger partial charge in [-0.1, -0.05) is 41.9 Å². The molecule has 1 aliphatic heterocycles. The van der Waals surface area contributed by atoms with Gasteiger partial charge in [0.05, 0.1) is 6.04 Å². The Morgan fingerprint density at radius 1 is 1.20 bits per heavy atom. The summed E-state index contributed by atoms with van der Waals surface area (Å²) in [5.41, 5.74) is 4.83. The number of aromatic amines is 1. The summed E-state index contributed by atoms with van der Waals surface area (Å²) in [6, 6.07) is 15.9. The lowest BCUT2D eigenvalue weighted by atomic mass is 9.98. The fourth-order valence-corrected chi connectivity index (χ4v) is 3.35. The minimum atomic E-state index is -0.119. The number of carbonyl (C=O) groups is 1. The fraction of sp³-hybridized carbons (Fsp3) is 0.250. The van der Waals surface area contributed by atoms with E-state index in [1.807, 2.05) is 43.3 Å². The van der Waals surface area contributed by atoms with Crippen LogP contribution in [-0.4, -0.2) is 24.0 Å². The van der Waals surface area contributed by atoms with Crippen LogP contribution >= 0.6 is 11.6 Å². The van der Waals surface area contributed by atoms with E-state index < -0.39 is 0 Å². The summed E-state index contributed by atoms with van der Waals surface area (Å²) < 4.78 is 0. The van der Waals surface area contributed by atoms with Crippen LogP contribution in [-0.2, 0) is 17.8 Å². The normalized spacial score (nSPS) is 15.9. The molecule has 3 N–H and O–H groups in total. The molecule has 5 heteroatoms. The van der Waals surface area contributed by atoms with Gasteiger partial charge in [0.2, 0.25) is 5.91 Å². The Morgan fingerprint density at radius 2 is 2.00 bits per heavy atom. The van der Waals surface area contributed by atoms with Gasteiger partial charge in [-0.3, -0.25) is 10.1 Å². The van der Waals surface area contributed by atoms with Gasteiger partial charge < -0.3 is 10.3 Å². The predicted octanol–water partition coefficient (Wildman–Crippen LogP) is 3.58. The van der Waals surface area contributed by atoms with E-state index in [0.29, 0.717) is 0 Å². The molecule has 4 rings (SSSR count). The maximum absolute atomic E-state index is 11.7. The Kier molecular flexibility index (Phi) is 5.41. The van der Waals surface area contributed by atoms with Gasteiger partial charge in [0.15, 0.2) is 0 Å². The number of rotatable bonds is 1. The largest absolute Gasteiger partial charge is 0.358 e. The van der Waals surface area contributed by atoms with Crippen molar-refractivity contribution in [2.45, 2.75) is 25.9 Å². The number of aromatic nitrogens is 1. The van der Waals surface area contributed by atoms with Gasteiger partial charge in [-0.05, 0) is 42.7 Å². The standard InChI is InChI=1S/C13H15N3O.C7H7Cl/c1-14-13(17)11-6-9-8-4-2-3-5-10(8)16-12(9)7-15-11;1-6-3-2-4-7(8)5-6/h2-5,11,15-16H,6-7H2,1H3,(H,14,17);2-5H,1H3. The number of likely N-dealkylation sites (N-methyl/N-ethyl adjacent to an activating group) is 1. The predicted molar refractivity (Wildman–Crippen MR) is 103 cm³/mol. The Morgan fingerprint density at radius 3 is 2.68 bits per heavy atom. The Labute approximate surface area is 152 Å². The van der Waals surface area contributed by atoms with Crippen molar-refractivity contribution < 1.29 is 4.79 Å². The van der Waals surface area contributed by atoms with E-state index in [-0.39, 0.29) is 11.9 Å². The van der Waals surface area contributed by atoms with Crippen LogP contribution in [0.4, 0.5) is 0 Å². The molecule has 1 aliphatic rings. The van der Waals surface area contributed by atoms with Crippen molar-refractivity contribution in [2.75, 3.05) is 7.05 Å². The number of carbonyl (C=O) groups excluding carboxylic acids is 1. The highest BCUT2D eigenvalue weighted by molar-refractivity contribution is 6.30. The lowest BCUT2D eigenvalue weighted by molar-refractivity contribution is -0.122. The first kappa shape index (κ1) is 17.5. The molecule has 1 amide bonds. The first-order valence-corrected chi connectivity index (χ1v) is 8.72. The van der Waals surface area contributed by atoms with Crippen LogP contribution in [0, 0.1) is 6.92 Å². The summed E-state index contributed by atoms with van der Waals surface area (Å²) in [6.07, 6.45) is 0.749. The zero-order valence-electron chi connectivity index (χ0n) is 14.4. The molecule has 0 radical (unpaired) electrons. The maximum Gasteiger partial charge on any atom is 0.237 e. The Bertz CT molecular complexity index is 870. The molecule has 0 fully saturated rings. The zero-order chi connectivity index (χ0) is 17.8. The smallest absolute Gasteiger partial charge is 0.237 e. The van der Waals surface area contributed by atoms with Crippen LogP contribution in [0.3, 0.4) is 0 Å². The Balaban J connectivity index is 0.000000192. The second kappa shape index (κ2) is 7.72. The van der Waals surface area contributed by atoms with Crippen LogP contribution in [0.5, 0.6) is 0 Å². The minimum absolute atomic E-state index is 0.0564. The number of H-pyrrole nitrogens is 1. The minimum Gasteiger partial charge on any atom is -0.358 e. The van der Waals surface area contributed by atoms with Crippen molar-refractivity contribution >= 4 is 28.4 Å². The highest BCUT2D eigenvalue weighted by atomic mass is 35.5. The lowest BCUT2D eigenvalue weighted by Gasteiger charge is -2.22. The maximum atomic E-state index is 11.7. The van der Waals surface area contributed by atoms with E-state index in [1.165, 1.54) is 22.2 Å².